The summed E-state index contributed by atoms with van der Waals surface area (Å²) in [6, 6.07) is 9.97. The second-order valence-electron chi connectivity index (χ2n) is 8.33. The van der Waals surface area contributed by atoms with Crippen molar-refractivity contribution in [2.24, 2.45) is 5.92 Å². The molecule has 30 heavy (non-hydrogen) atoms. The van der Waals surface area contributed by atoms with E-state index in [2.05, 4.69) is 34.4 Å². The van der Waals surface area contributed by atoms with Crippen LogP contribution in [0, 0.1) is 5.92 Å². The number of carbonyl (C=O) groups is 1. The molecule has 1 aliphatic carbocycles. The molecule has 0 N–H and O–H groups in total. The SMILES string of the molecule is CC(C)C(Cn1ccnc1)Oc1ccc2c(c1CCc1ccccn1)CCCC2=O. The van der Waals surface area contributed by atoms with Gasteiger partial charge in [-0.25, -0.2) is 4.98 Å². The normalized spacial score (nSPS) is 14.6. The summed E-state index contributed by atoms with van der Waals surface area (Å²) in [5, 5.41) is 0. The highest BCUT2D eigenvalue weighted by molar-refractivity contribution is 5.99. The number of rotatable bonds is 8. The lowest BCUT2D eigenvalue weighted by molar-refractivity contribution is 0.0971. The molecule has 0 amide bonds. The first-order valence-corrected chi connectivity index (χ1v) is 10.8. The molecule has 0 spiro atoms. The molecule has 2 heterocycles. The zero-order valence-corrected chi connectivity index (χ0v) is 17.8. The Hall–Kier alpha value is -2.95. The monoisotopic (exact) mass is 403 g/mol. The number of Topliss-reactive ketones (excluding diaryl/α,β-unsaturated/α-hetero) is 1. The number of ketones is 1. The molecule has 3 aromatic rings. The van der Waals surface area contributed by atoms with E-state index in [4.69, 9.17) is 4.74 Å². The van der Waals surface area contributed by atoms with Crippen LogP contribution in [0.4, 0.5) is 0 Å². The molecule has 156 valence electrons. The number of ether oxygens (including phenoxy) is 1. The van der Waals surface area contributed by atoms with E-state index in [1.54, 1.807) is 6.20 Å². The molecule has 4 rings (SSSR count). The van der Waals surface area contributed by atoms with E-state index in [1.165, 1.54) is 11.1 Å². The average molecular weight is 404 g/mol. The fourth-order valence-corrected chi connectivity index (χ4v) is 4.11. The first-order chi connectivity index (χ1) is 14.6. The van der Waals surface area contributed by atoms with Crippen molar-refractivity contribution in [1.82, 2.24) is 14.5 Å². The summed E-state index contributed by atoms with van der Waals surface area (Å²) in [6.45, 7) is 5.10. The van der Waals surface area contributed by atoms with Crippen LogP contribution in [-0.2, 0) is 25.8 Å². The van der Waals surface area contributed by atoms with Gasteiger partial charge in [0.1, 0.15) is 11.9 Å². The van der Waals surface area contributed by atoms with Gasteiger partial charge in [-0.15, -0.1) is 0 Å². The maximum atomic E-state index is 12.5. The van der Waals surface area contributed by atoms with Gasteiger partial charge in [-0.3, -0.25) is 9.78 Å². The van der Waals surface area contributed by atoms with E-state index >= 15 is 0 Å². The van der Waals surface area contributed by atoms with Gasteiger partial charge in [0.25, 0.3) is 0 Å². The number of fused-ring (bicyclic) bond motifs is 1. The first kappa shape index (κ1) is 20.3. The third-order valence-electron chi connectivity index (χ3n) is 5.85. The lowest BCUT2D eigenvalue weighted by atomic mass is 9.85. The second-order valence-corrected chi connectivity index (χ2v) is 8.33. The van der Waals surface area contributed by atoms with E-state index in [0.29, 0.717) is 12.3 Å². The third-order valence-corrected chi connectivity index (χ3v) is 5.85. The molecule has 5 heteroatoms. The molecular formula is C25H29N3O2. The van der Waals surface area contributed by atoms with Crippen LogP contribution >= 0.6 is 0 Å². The number of aromatic nitrogens is 3. The van der Waals surface area contributed by atoms with Crippen molar-refractivity contribution in [3.05, 3.63) is 77.6 Å². The molecule has 0 saturated heterocycles. The fourth-order valence-electron chi connectivity index (χ4n) is 4.11. The maximum Gasteiger partial charge on any atom is 0.163 e. The number of imidazole rings is 1. The molecular weight excluding hydrogens is 374 g/mol. The van der Waals surface area contributed by atoms with Gasteiger partial charge in [0.05, 0.1) is 12.9 Å². The second kappa shape index (κ2) is 9.24. The summed E-state index contributed by atoms with van der Waals surface area (Å²) in [6.07, 6.45) is 11.6. The summed E-state index contributed by atoms with van der Waals surface area (Å²) < 4.78 is 8.65. The number of aryl methyl sites for hydroxylation is 1. The van der Waals surface area contributed by atoms with Gasteiger partial charge in [-0.1, -0.05) is 19.9 Å². The predicted molar refractivity (Wildman–Crippen MR) is 117 cm³/mol. The van der Waals surface area contributed by atoms with Gasteiger partial charge in [-0.05, 0) is 67.0 Å². The Morgan fingerprint density at radius 3 is 2.73 bits per heavy atom. The summed E-state index contributed by atoms with van der Waals surface area (Å²) >= 11 is 0. The minimum Gasteiger partial charge on any atom is -0.488 e. The van der Waals surface area contributed by atoms with Crippen LogP contribution in [0.5, 0.6) is 5.75 Å². The van der Waals surface area contributed by atoms with E-state index in [0.717, 1.165) is 49.2 Å². The smallest absolute Gasteiger partial charge is 0.163 e. The molecule has 1 atom stereocenters. The van der Waals surface area contributed by atoms with Crippen LogP contribution < -0.4 is 4.74 Å². The average Bonchev–Trinajstić information content (AvgIpc) is 3.26. The quantitative estimate of drug-likeness (QED) is 0.548. The minimum absolute atomic E-state index is 0.0187. The number of hydrogen-bond donors (Lipinski definition) is 0. The van der Waals surface area contributed by atoms with Crippen LogP contribution in [-0.4, -0.2) is 26.4 Å². The van der Waals surface area contributed by atoms with E-state index in [-0.39, 0.29) is 11.9 Å². The zero-order valence-electron chi connectivity index (χ0n) is 17.8. The Morgan fingerprint density at radius 2 is 2.00 bits per heavy atom. The van der Waals surface area contributed by atoms with E-state index in [9.17, 15) is 4.79 Å². The van der Waals surface area contributed by atoms with Crippen molar-refractivity contribution >= 4 is 5.78 Å². The Morgan fingerprint density at radius 1 is 1.10 bits per heavy atom. The zero-order chi connectivity index (χ0) is 20.9. The number of benzene rings is 1. The van der Waals surface area contributed by atoms with Crippen LogP contribution in [0.15, 0.2) is 55.2 Å². The van der Waals surface area contributed by atoms with Gasteiger partial charge in [-0.2, -0.15) is 0 Å². The molecule has 0 radical (unpaired) electrons. The Kier molecular flexibility index (Phi) is 6.26. The van der Waals surface area contributed by atoms with Gasteiger partial charge < -0.3 is 9.30 Å². The van der Waals surface area contributed by atoms with Crippen LogP contribution in [0.3, 0.4) is 0 Å². The number of hydrogen-bond acceptors (Lipinski definition) is 4. The Labute approximate surface area is 178 Å². The molecule has 1 unspecified atom stereocenters. The Bertz CT molecular complexity index is 981. The summed E-state index contributed by atoms with van der Waals surface area (Å²) in [5.74, 6) is 1.49. The summed E-state index contributed by atoms with van der Waals surface area (Å²) in [5.41, 5.74) is 4.27. The molecule has 0 bridgehead atoms. The topological polar surface area (TPSA) is 57.0 Å². The molecule has 0 fully saturated rings. The fraction of sp³-hybridized carbons (Fsp3) is 0.400. The molecule has 1 aromatic carbocycles. The molecule has 0 saturated carbocycles. The van der Waals surface area contributed by atoms with Crippen LogP contribution in [0.2, 0.25) is 0 Å². The van der Waals surface area contributed by atoms with Gasteiger partial charge >= 0.3 is 0 Å². The van der Waals surface area contributed by atoms with Crippen LogP contribution in [0.25, 0.3) is 0 Å². The highest BCUT2D eigenvalue weighted by Crippen LogP contribution is 2.33. The highest BCUT2D eigenvalue weighted by atomic mass is 16.5. The van der Waals surface area contributed by atoms with Gasteiger partial charge in [0.2, 0.25) is 0 Å². The number of carbonyl (C=O) groups excluding carboxylic acids is 1. The standard InChI is InChI=1S/C25H29N3O2/c1-18(2)25(16-28-15-14-26-17-28)30-24-12-11-21-20(7-5-8-23(21)29)22(24)10-9-19-6-3-4-13-27-19/h3-4,6,11-15,17-18,25H,5,7-10,16H2,1-2H3. The van der Waals surface area contributed by atoms with Crippen molar-refractivity contribution in [1.29, 1.82) is 0 Å². The first-order valence-electron chi connectivity index (χ1n) is 10.8. The lowest BCUT2D eigenvalue weighted by Gasteiger charge is -2.27. The van der Waals surface area contributed by atoms with Crippen molar-refractivity contribution < 1.29 is 9.53 Å². The molecule has 1 aliphatic rings. The van der Waals surface area contributed by atoms with E-state index < -0.39 is 0 Å². The van der Waals surface area contributed by atoms with Crippen LogP contribution in [0.1, 0.15) is 53.9 Å². The number of pyridine rings is 1. The van der Waals surface area contributed by atoms with Gasteiger partial charge in [0.15, 0.2) is 5.78 Å². The van der Waals surface area contributed by atoms with E-state index in [1.807, 2.05) is 43.0 Å². The van der Waals surface area contributed by atoms with Crippen molar-refractivity contribution in [2.45, 2.75) is 58.6 Å². The largest absolute Gasteiger partial charge is 0.488 e. The maximum absolute atomic E-state index is 12.5. The molecule has 0 aliphatic heterocycles. The summed E-state index contributed by atoms with van der Waals surface area (Å²) in [4.78, 5) is 21.1. The Balaban J connectivity index is 1.64. The highest BCUT2D eigenvalue weighted by Gasteiger charge is 2.25. The number of nitrogens with zero attached hydrogens (tertiary/aromatic N) is 3. The summed E-state index contributed by atoms with van der Waals surface area (Å²) in [7, 11) is 0. The van der Waals surface area contributed by atoms with Crippen molar-refractivity contribution in [2.75, 3.05) is 0 Å². The van der Waals surface area contributed by atoms with Crippen molar-refractivity contribution in [3.8, 4) is 5.75 Å². The lowest BCUT2D eigenvalue weighted by Crippen LogP contribution is -2.29. The molecule has 2 aromatic heterocycles. The molecule has 5 nitrogen and oxygen atoms in total. The predicted octanol–water partition coefficient (Wildman–Crippen LogP) is 4.69. The third kappa shape index (κ3) is 4.61. The van der Waals surface area contributed by atoms with Gasteiger partial charge in [0, 0.05) is 36.3 Å². The van der Waals surface area contributed by atoms with Crippen molar-refractivity contribution in [3.63, 3.8) is 0 Å². The minimum atomic E-state index is 0.0187.